The number of rotatable bonds is 6. The van der Waals surface area contributed by atoms with Crippen LogP contribution in [0.1, 0.15) is 65.7 Å². The van der Waals surface area contributed by atoms with E-state index in [-0.39, 0.29) is 17.7 Å². The van der Waals surface area contributed by atoms with Gasteiger partial charge in [0, 0.05) is 18.9 Å². The lowest BCUT2D eigenvalue weighted by atomic mass is 9.69. The van der Waals surface area contributed by atoms with Gasteiger partial charge in [0.15, 0.2) is 0 Å². The summed E-state index contributed by atoms with van der Waals surface area (Å²) in [6, 6.07) is 0. The smallest absolute Gasteiger partial charge is 0.223 e. The molecule has 0 aromatic carbocycles. The van der Waals surface area contributed by atoms with Gasteiger partial charge in [-0.05, 0) is 49.9 Å². The van der Waals surface area contributed by atoms with Gasteiger partial charge in [-0.3, -0.25) is 4.79 Å². The molecule has 0 bridgehead atoms. The molecule has 0 atom stereocenters. The fourth-order valence-electron chi connectivity index (χ4n) is 3.06. The molecule has 5 nitrogen and oxygen atoms in total. The van der Waals surface area contributed by atoms with E-state index in [0.717, 1.165) is 44.4 Å². The minimum atomic E-state index is 0.188. The SMILES string of the molecule is CC(C)(C)C1CCC(C(=O)NCCCCC(N)=NO)CC1. The van der Waals surface area contributed by atoms with E-state index in [1.807, 2.05) is 0 Å². The van der Waals surface area contributed by atoms with Crippen molar-refractivity contribution >= 4 is 11.7 Å². The Kier molecular flexibility index (Phi) is 6.99. The number of unbranched alkanes of at least 4 members (excludes halogenated alkanes) is 1. The van der Waals surface area contributed by atoms with Crippen molar-refractivity contribution in [3.63, 3.8) is 0 Å². The number of carbonyl (C=O) groups is 1. The van der Waals surface area contributed by atoms with Crippen LogP contribution in [0.15, 0.2) is 5.16 Å². The minimum absolute atomic E-state index is 0.188. The molecule has 5 heteroatoms. The number of carbonyl (C=O) groups excluding carboxylic acids is 1. The maximum absolute atomic E-state index is 12.1. The molecule has 0 radical (unpaired) electrons. The molecule has 4 N–H and O–H groups in total. The highest BCUT2D eigenvalue weighted by Crippen LogP contribution is 2.39. The van der Waals surface area contributed by atoms with E-state index in [4.69, 9.17) is 10.9 Å². The van der Waals surface area contributed by atoms with Gasteiger partial charge in [0.25, 0.3) is 0 Å². The first kappa shape index (κ1) is 17.8. The lowest BCUT2D eigenvalue weighted by Gasteiger charge is -2.36. The van der Waals surface area contributed by atoms with E-state index in [1.54, 1.807) is 0 Å². The normalized spacial score (nSPS) is 23.9. The summed E-state index contributed by atoms with van der Waals surface area (Å²) in [6.07, 6.45) is 6.60. The van der Waals surface area contributed by atoms with Crippen LogP contribution in [0.5, 0.6) is 0 Å². The summed E-state index contributed by atoms with van der Waals surface area (Å²) in [7, 11) is 0. The Morgan fingerprint density at radius 2 is 1.86 bits per heavy atom. The van der Waals surface area contributed by atoms with Gasteiger partial charge >= 0.3 is 0 Å². The molecule has 1 saturated carbocycles. The van der Waals surface area contributed by atoms with Crippen molar-refractivity contribution in [2.24, 2.45) is 28.1 Å². The van der Waals surface area contributed by atoms with Crippen LogP contribution >= 0.6 is 0 Å². The van der Waals surface area contributed by atoms with Crippen LogP contribution in [0.25, 0.3) is 0 Å². The zero-order valence-corrected chi connectivity index (χ0v) is 13.7. The van der Waals surface area contributed by atoms with Gasteiger partial charge in [-0.15, -0.1) is 0 Å². The Balaban J connectivity index is 2.17. The summed E-state index contributed by atoms with van der Waals surface area (Å²) in [5.74, 6) is 1.38. The van der Waals surface area contributed by atoms with Crippen molar-refractivity contribution in [3.05, 3.63) is 0 Å². The number of hydrogen-bond acceptors (Lipinski definition) is 3. The molecule has 0 unspecified atom stereocenters. The predicted octanol–water partition coefficient (Wildman–Crippen LogP) is 2.87. The van der Waals surface area contributed by atoms with Crippen molar-refractivity contribution in [2.75, 3.05) is 6.54 Å². The summed E-state index contributed by atoms with van der Waals surface area (Å²) >= 11 is 0. The Bertz CT molecular complexity index is 353. The van der Waals surface area contributed by atoms with Crippen molar-refractivity contribution in [1.82, 2.24) is 5.32 Å². The molecule has 0 aliphatic heterocycles. The number of nitrogens with one attached hydrogen (secondary N) is 1. The maximum Gasteiger partial charge on any atom is 0.223 e. The zero-order valence-electron chi connectivity index (χ0n) is 13.7. The molecule has 0 aromatic rings. The number of amidine groups is 1. The van der Waals surface area contributed by atoms with E-state index in [9.17, 15) is 4.79 Å². The number of oxime groups is 1. The van der Waals surface area contributed by atoms with Crippen LogP contribution in [-0.4, -0.2) is 23.5 Å². The highest BCUT2D eigenvalue weighted by molar-refractivity contribution is 5.79. The second-order valence-electron chi connectivity index (χ2n) is 7.25. The summed E-state index contributed by atoms with van der Waals surface area (Å²) < 4.78 is 0. The summed E-state index contributed by atoms with van der Waals surface area (Å²) in [5, 5.41) is 14.4. The molecule has 122 valence electrons. The quantitative estimate of drug-likeness (QED) is 0.231. The van der Waals surface area contributed by atoms with Gasteiger partial charge in [0.1, 0.15) is 5.84 Å². The maximum atomic E-state index is 12.1. The number of nitrogens with zero attached hydrogens (tertiary/aromatic N) is 1. The van der Waals surface area contributed by atoms with Crippen LogP contribution in [0, 0.1) is 17.3 Å². The Morgan fingerprint density at radius 3 is 2.38 bits per heavy atom. The van der Waals surface area contributed by atoms with Gasteiger partial charge < -0.3 is 16.3 Å². The first-order chi connectivity index (χ1) is 9.84. The van der Waals surface area contributed by atoms with Gasteiger partial charge in [-0.2, -0.15) is 0 Å². The third kappa shape index (κ3) is 6.36. The molecular weight excluding hydrogens is 266 g/mol. The van der Waals surface area contributed by atoms with Gasteiger partial charge in [-0.25, -0.2) is 0 Å². The first-order valence-corrected chi connectivity index (χ1v) is 8.08. The van der Waals surface area contributed by atoms with E-state index in [0.29, 0.717) is 18.4 Å². The molecule has 0 aromatic heterocycles. The first-order valence-electron chi connectivity index (χ1n) is 8.08. The lowest BCUT2D eigenvalue weighted by molar-refractivity contribution is -0.126. The van der Waals surface area contributed by atoms with Crippen LogP contribution in [-0.2, 0) is 4.79 Å². The number of hydrogen-bond donors (Lipinski definition) is 3. The van der Waals surface area contributed by atoms with Gasteiger partial charge in [-0.1, -0.05) is 25.9 Å². The molecule has 0 saturated heterocycles. The van der Waals surface area contributed by atoms with Crippen LogP contribution in [0.3, 0.4) is 0 Å². The van der Waals surface area contributed by atoms with E-state index >= 15 is 0 Å². The van der Waals surface area contributed by atoms with Gasteiger partial charge in [0.2, 0.25) is 5.91 Å². The molecule has 1 aliphatic carbocycles. The van der Waals surface area contributed by atoms with Crippen molar-refractivity contribution < 1.29 is 10.0 Å². The highest BCUT2D eigenvalue weighted by Gasteiger charge is 2.32. The summed E-state index contributed by atoms with van der Waals surface area (Å²) in [4.78, 5) is 12.1. The highest BCUT2D eigenvalue weighted by atomic mass is 16.4. The van der Waals surface area contributed by atoms with E-state index in [1.165, 1.54) is 0 Å². The summed E-state index contributed by atoms with van der Waals surface area (Å²) in [6.45, 7) is 7.55. The summed E-state index contributed by atoms with van der Waals surface area (Å²) in [5.41, 5.74) is 5.75. The third-order valence-electron chi connectivity index (χ3n) is 4.61. The van der Waals surface area contributed by atoms with Crippen LogP contribution < -0.4 is 11.1 Å². The van der Waals surface area contributed by atoms with Gasteiger partial charge in [0.05, 0.1) is 0 Å². The Labute approximate surface area is 128 Å². The van der Waals surface area contributed by atoms with Crippen molar-refractivity contribution in [3.8, 4) is 0 Å². The second kappa shape index (κ2) is 8.25. The average Bonchev–Trinajstić information content (AvgIpc) is 2.45. The average molecular weight is 297 g/mol. The molecule has 0 spiro atoms. The predicted molar refractivity (Wildman–Crippen MR) is 85.2 cm³/mol. The molecule has 1 aliphatic rings. The fourth-order valence-corrected chi connectivity index (χ4v) is 3.06. The van der Waals surface area contributed by atoms with Crippen molar-refractivity contribution in [1.29, 1.82) is 0 Å². The topological polar surface area (TPSA) is 87.7 Å². The minimum Gasteiger partial charge on any atom is -0.409 e. The Hall–Kier alpha value is -1.26. The van der Waals surface area contributed by atoms with E-state index in [2.05, 4.69) is 31.2 Å². The number of amides is 1. The molecule has 0 heterocycles. The fraction of sp³-hybridized carbons (Fsp3) is 0.875. The van der Waals surface area contributed by atoms with Crippen molar-refractivity contribution in [2.45, 2.75) is 65.7 Å². The number of nitrogens with two attached hydrogens (primary N) is 1. The van der Waals surface area contributed by atoms with Crippen LogP contribution in [0.4, 0.5) is 0 Å². The lowest BCUT2D eigenvalue weighted by Crippen LogP contribution is -2.35. The molecule has 1 fully saturated rings. The molecule has 1 amide bonds. The zero-order chi connectivity index (χ0) is 15.9. The second-order valence-corrected chi connectivity index (χ2v) is 7.25. The van der Waals surface area contributed by atoms with Crippen LogP contribution in [0.2, 0.25) is 0 Å². The standard InChI is InChI=1S/C16H31N3O2/c1-16(2,3)13-9-7-12(8-10-13)15(20)18-11-5-4-6-14(17)19-21/h12-13,21H,4-11H2,1-3H3,(H2,17,19)(H,18,20). The molecule has 21 heavy (non-hydrogen) atoms. The van der Waals surface area contributed by atoms with E-state index < -0.39 is 0 Å². The monoisotopic (exact) mass is 297 g/mol. The molecular formula is C16H31N3O2. The molecule has 1 rings (SSSR count). The third-order valence-corrected chi connectivity index (χ3v) is 4.61. The Morgan fingerprint density at radius 1 is 1.24 bits per heavy atom. The largest absolute Gasteiger partial charge is 0.409 e.